The normalized spacial score (nSPS) is 17.1. The van der Waals surface area contributed by atoms with Crippen LogP contribution in [0.3, 0.4) is 0 Å². The summed E-state index contributed by atoms with van der Waals surface area (Å²) in [5.74, 6) is 1.76. The van der Waals surface area contributed by atoms with Crippen LogP contribution in [-0.4, -0.2) is 50.5 Å². The van der Waals surface area contributed by atoms with Crippen molar-refractivity contribution in [2.24, 2.45) is 17.8 Å². The average molecular weight is 391 g/mol. The molecule has 0 bridgehead atoms. The van der Waals surface area contributed by atoms with Gasteiger partial charge in [-0.15, -0.1) is 0 Å². The van der Waals surface area contributed by atoms with Gasteiger partial charge >= 0.3 is 0 Å². The molecule has 0 aromatic rings. The maximum absolute atomic E-state index is 14.1. The highest BCUT2D eigenvalue weighted by Crippen LogP contribution is 2.26. The Balaban J connectivity index is 3.77. The lowest BCUT2D eigenvalue weighted by molar-refractivity contribution is 0.178. The Hall–Kier alpha value is -0.220. The maximum Gasteiger partial charge on any atom is 0.105 e. The van der Waals surface area contributed by atoms with Crippen LogP contribution in [0, 0.1) is 17.8 Å². The predicted molar refractivity (Wildman–Crippen MR) is 116 cm³/mol. The summed E-state index contributed by atoms with van der Waals surface area (Å²) in [4.78, 5) is 2.22. The Morgan fingerprint density at radius 1 is 0.852 bits per heavy atom. The molecular weight excluding hydrogens is 342 g/mol. The van der Waals surface area contributed by atoms with Crippen LogP contribution in [0.5, 0.6) is 0 Å². The zero-order chi connectivity index (χ0) is 20.9. The second-order valence-corrected chi connectivity index (χ2v) is 9.93. The Morgan fingerprint density at radius 3 is 2.04 bits per heavy atom. The average Bonchev–Trinajstić information content (AvgIpc) is 2.48. The zero-order valence-electron chi connectivity index (χ0n) is 19.3. The van der Waals surface area contributed by atoms with Gasteiger partial charge in [-0.2, -0.15) is 0 Å². The fraction of sp³-hybridized carbons (Fsp3) is 1.00. The first-order chi connectivity index (χ1) is 12.5. The first-order valence-corrected chi connectivity index (χ1v) is 11.2. The predicted octanol–water partition coefficient (Wildman–Crippen LogP) is 6.25. The van der Waals surface area contributed by atoms with E-state index in [1.807, 2.05) is 0 Å². The summed E-state index contributed by atoms with van der Waals surface area (Å²) in [5, 5.41) is 3.54. The summed E-state index contributed by atoms with van der Waals surface area (Å²) in [7, 11) is 4.22. The van der Waals surface area contributed by atoms with Crippen molar-refractivity contribution in [3.63, 3.8) is 0 Å². The molecular formula is C23H48F2N2. The summed E-state index contributed by atoms with van der Waals surface area (Å²) in [5.41, 5.74) is -1.17. The highest BCUT2D eigenvalue weighted by atomic mass is 19.1. The van der Waals surface area contributed by atoms with Gasteiger partial charge in [0, 0.05) is 0 Å². The smallest absolute Gasteiger partial charge is 0.105 e. The van der Waals surface area contributed by atoms with Crippen molar-refractivity contribution in [1.82, 2.24) is 10.2 Å². The van der Waals surface area contributed by atoms with E-state index in [1.165, 1.54) is 19.3 Å². The number of hydrogen-bond donors (Lipinski definition) is 1. The van der Waals surface area contributed by atoms with E-state index in [0.717, 1.165) is 26.1 Å². The van der Waals surface area contributed by atoms with E-state index >= 15 is 0 Å². The van der Waals surface area contributed by atoms with E-state index in [0.29, 0.717) is 43.4 Å². The summed E-state index contributed by atoms with van der Waals surface area (Å²) in [6.07, 6.45) is 6.17. The van der Waals surface area contributed by atoms with Crippen molar-refractivity contribution in [3.05, 3.63) is 0 Å². The maximum atomic E-state index is 14.1. The van der Waals surface area contributed by atoms with Crippen LogP contribution in [0.1, 0.15) is 86.0 Å². The molecule has 164 valence electrons. The number of hydrogen-bond acceptors (Lipinski definition) is 2. The number of nitrogens with zero attached hydrogens (tertiary/aromatic N) is 1. The molecule has 4 unspecified atom stereocenters. The number of alkyl halides is 2. The lowest BCUT2D eigenvalue weighted by atomic mass is 9.86. The lowest BCUT2D eigenvalue weighted by Crippen LogP contribution is -2.23. The zero-order valence-corrected chi connectivity index (χ0v) is 19.3. The van der Waals surface area contributed by atoms with E-state index in [-0.39, 0.29) is 0 Å². The van der Waals surface area contributed by atoms with Crippen LogP contribution in [0.25, 0.3) is 0 Å². The van der Waals surface area contributed by atoms with E-state index < -0.39 is 11.8 Å². The Bertz CT molecular complexity index is 342. The third-order valence-corrected chi connectivity index (χ3v) is 5.33. The third kappa shape index (κ3) is 18.9. The molecule has 0 amide bonds. The van der Waals surface area contributed by atoms with E-state index in [9.17, 15) is 8.78 Å². The molecule has 0 rings (SSSR count). The molecule has 4 atom stereocenters. The van der Waals surface area contributed by atoms with Gasteiger partial charge in [0.05, 0.1) is 0 Å². The summed E-state index contributed by atoms with van der Waals surface area (Å²) in [6, 6.07) is 0. The largest absolute Gasteiger partial charge is 0.317 e. The molecule has 0 aliphatic heterocycles. The number of halogens is 2. The minimum atomic E-state index is -1.17. The van der Waals surface area contributed by atoms with Crippen LogP contribution in [-0.2, 0) is 0 Å². The Morgan fingerprint density at radius 2 is 1.44 bits per heavy atom. The molecule has 27 heavy (non-hydrogen) atoms. The van der Waals surface area contributed by atoms with Crippen molar-refractivity contribution < 1.29 is 8.78 Å². The highest BCUT2D eigenvalue weighted by Gasteiger charge is 2.19. The molecule has 0 radical (unpaired) electrons. The molecule has 2 nitrogen and oxygen atoms in total. The van der Waals surface area contributed by atoms with Crippen molar-refractivity contribution in [3.8, 4) is 0 Å². The molecule has 0 fully saturated rings. The fourth-order valence-electron chi connectivity index (χ4n) is 3.98. The molecule has 0 spiro atoms. The first kappa shape index (κ1) is 26.8. The fourth-order valence-corrected chi connectivity index (χ4v) is 3.98. The SMILES string of the molecule is CC(CCNCCCN(C)C)CC(C)CC(C)CC(F)CCCC(C)(C)F. The summed E-state index contributed by atoms with van der Waals surface area (Å²) in [6.45, 7) is 13.3. The Kier molecular flexibility index (Phi) is 14.6. The molecule has 0 aromatic heterocycles. The molecule has 0 aromatic carbocycles. The van der Waals surface area contributed by atoms with Gasteiger partial charge in [0.1, 0.15) is 11.8 Å². The first-order valence-electron chi connectivity index (χ1n) is 11.2. The van der Waals surface area contributed by atoms with Crippen LogP contribution in [0.15, 0.2) is 0 Å². The van der Waals surface area contributed by atoms with Crippen molar-refractivity contribution in [2.45, 2.75) is 97.8 Å². The highest BCUT2D eigenvalue weighted by molar-refractivity contribution is 4.70. The van der Waals surface area contributed by atoms with Crippen LogP contribution >= 0.6 is 0 Å². The third-order valence-electron chi connectivity index (χ3n) is 5.33. The van der Waals surface area contributed by atoms with Gasteiger partial charge < -0.3 is 10.2 Å². The summed E-state index contributed by atoms with van der Waals surface area (Å²) < 4.78 is 27.6. The molecule has 0 aliphatic rings. The molecule has 1 N–H and O–H groups in total. The number of rotatable bonds is 17. The molecule has 0 saturated heterocycles. The van der Waals surface area contributed by atoms with Crippen molar-refractivity contribution >= 4 is 0 Å². The van der Waals surface area contributed by atoms with Gasteiger partial charge in [-0.3, -0.25) is 0 Å². The van der Waals surface area contributed by atoms with Gasteiger partial charge in [-0.05, 0) is 117 Å². The molecule has 4 heteroatoms. The minimum absolute atomic E-state index is 0.407. The van der Waals surface area contributed by atoms with Crippen LogP contribution in [0.4, 0.5) is 8.78 Å². The van der Waals surface area contributed by atoms with E-state index in [1.54, 1.807) is 13.8 Å². The summed E-state index contributed by atoms with van der Waals surface area (Å²) >= 11 is 0. The molecule has 0 saturated carbocycles. The van der Waals surface area contributed by atoms with Gasteiger partial charge in [-0.25, -0.2) is 8.78 Å². The van der Waals surface area contributed by atoms with Crippen molar-refractivity contribution in [2.75, 3.05) is 33.7 Å². The second kappa shape index (κ2) is 14.7. The van der Waals surface area contributed by atoms with Gasteiger partial charge in [0.25, 0.3) is 0 Å². The van der Waals surface area contributed by atoms with Crippen LogP contribution < -0.4 is 5.32 Å². The van der Waals surface area contributed by atoms with Crippen molar-refractivity contribution in [1.29, 1.82) is 0 Å². The van der Waals surface area contributed by atoms with Gasteiger partial charge in [0.2, 0.25) is 0 Å². The van der Waals surface area contributed by atoms with E-state index in [4.69, 9.17) is 0 Å². The quantitative estimate of drug-likeness (QED) is 0.295. The molecule has 0 aliphatic carbocycles. The monoisotopic (exact) mass is 390 g/mol. The van der Waals surface area contributed by atoms with Gasteiger partial charge in [0.15, 0.2) is 0 Å². The number of nitrogens with one attached hydrogen (secondary N) is 1. The van der Waals surface area contributed by atoms with Gasteiger partial charge in [-0.1, -0.05) is 20.8 Å². The standard InChI is InChI=1S/C23H48F2N2/c1-19(11-14-26-13-9-15-27(6)7)16-20(2)17-21(3)18-22(24)10-8-12-23(4,5)25/h19-22,26H,8-18H2,1-7H3. The lowest BCUT2D eigenvalue weighted by Gasteiger charge is -2.22. The van der Waals surface area contributed by atoms with Crippen LogP contribution in [0.2, 0.25) is 0 Å². The minimum Gasteiger partial charge on any atom is -0.317 e. The van der Waals surface area contributed by atoms with E-state index in [2.05, 4.69) is 45.1 Å². The topological polar surface area (TPSA) is 15.3 Å². The second-order valence-electron chi connectivity index (χ2n) is 9.93. The Labute approximate surface area is 168 Å². The molecule has 0 heterocycles.